The summed E-state index contributed by atoms with van der Waals surface area (Å²) in [6, 6.07) is 10.1. The summed E-state index contributed by atoms with van der Waals surface area (Å²) in [5, 5.41) is 8.52. The molecular weight excluding hydrogens is 186 g/mol. The first-order valence-corrected chi connectivity index (χ1v) is 5.20. The molecule has 0 fully saturated rings. The van der Waals surface area contributed by atoms with E-state index in [0.29, 0.717) is 6.42 Å². The van der Waals surface area contributed by atoms with Crippen molar-refractivity contribution in [2.24, 2.45) is 0 Å². The van der Waals surface area contributed by atoms with Gasteiger partial charge in [-0.2, -0.15) is 5.26 Å². The molecule has 1 aromatic carbocycles. The molecule has 3 nitrogen and oxygen atoms in total. The quantitative estimate of drug-likeness (QED) is 0.745. The highest BCUT2D eigenvalue weighted by molar-refractivity contribution is 5.39. The van der Waals surface area contributed by atoms with E-state index in [9.17, 15) is 0 Å². The number of nitrogens with zero attached hydrogens (tertiary/aromatic N) is 2. The highest BCUT2D eigenvalue weighted by Crippen LogP contribution is 2.08. The normalized spacial score (nSPS) is 10.2. The lowest BCUT2D eigenvalue weighted by atomic mass is 10.2. The van der Waals surface area contributed by atoms with Gasteiger partial charge in [0.1, 0.15) is 0 Å². The summed E-state index contributed by atoms with van der Waals surface area (Å²) in [7, 11) is 0. The third kappa shape index (κ3) is 4.01. The fraction of sp³-hybridized carbons (Fsp3) is 0.417. The second kappa shape index (κ2) is 6.05. The first-order chi connectivity index (χ1) is 7.26. The van der Waals surface area contributed by atoms with Gasteiger partial charge in [0.15, 0.2) is 0 Å². The van der Waals surface area contributed by atoms with Gasteiger partial charge in [-0.1, -0.05) is 19.1 Å². The van der Waals surface area contributed by atoms with E-state index in [1.165, 1.54) is 5.56 Å². The van der Waals surface area contributed by atoms with E-state index >= 15 is 0 Å². The van der Waals surface area contributed by atoms with Crippen molar-refractivity contribution >= 4 is 5.69 Å². The van der Waals surface area contributed by atoms with Crippen molar-refractivity contribution < 1.29 is 0 Å². The number of hydrogen-bond donors (Lipinski definition) is 1. The Labute approximate surface area is 91.1 Å². The molecule has 0 unspecified atom stereocenters. The molecule has 1 rings (SSSR count). The Kier molecular flexibility index (Phi) is 4.65. The second-order valence-electron chi connectivity index (χ2n) is 3.52. The first kappa shape index (κ1) is 11.5. The smallest absolute Gasteiger partial charge is 0.0635 e. The summed E-state index contributed by atoms with van der Waals surface area (Å²) >= 11 is 0. The molecule has 3 heteroatoms. The van der Waals surface area contributed by atoms with Crippen molar-refractivity contribution in [2.75, 3.05) is 18.8 Å². The van der Waals surface area contributed by atoms with Crippen LogP contribution in [0.15, 0.2) is 24.3 Å². The lowest BCUT2D eigenvalue weighted by Crippen LogP contribution is -2.23. The second-order valence-corrected chi connectivity index (χ2v) is 3.52. The van der Waals surface area contributed by atoms with Crippen molar-refractivity contribution in [3.8, 4) is 6.07 Å². The van der Waals surface area contributed by atoms with E-state index in [1.807, 2.05) is 24.3 Å². The van der Waals surface area contributed by atoms with Gasteiger partial charge in [-0.15, -0.1) is 0 Å². The minimum Gasteiger partial charge on any atom is -0.399 e. The summed E-state index contributed by atoms with van der Waals surface area (Å²) in [5.41, 5.74) is 7.64. The van der Waals surface area contributed by atoms with Gasteiger partial charge in [-0.05, 0) is 24.2 Å². The minimum absolute atomic E-state index is 0.586. The molecule has 0 radical (unpaired) electrons. The third-order valence-corrected chi connectivity index (χ3v) is 2.37. The minimum atomic E-state index is 0.586. The van der Waals surface area contributed by atoms with Gasteiger partial charge in [0.05, 0.1) is 6.07 Å². The zero-order valence-electron chi connectivity index (χ0n) is 9.11. The van der Waals surface area contributed by atoms with Crippen molar-refractivity contribution in [3.05, 3.63) is 29.8 Å². The number of anilines is 1. The number of nitriles is 1. The van der Waals surface area contributed by atoms with Crippen molar-refractivity contribution in [1.29, 1.82) is 5.26 Å². The number of benzene rings is 1. The lowest BCUT2D eigenvalue weighted by Gasteiger charge is -2.18. The molecular formula is C12H17N3. The van der Waals surface area contributed by atoms with Gasteiger partial charge in [0.25, 0.3) is 0 Å². The molecule has 0 heterocycles. The summed E-state index contributed by atoms with van der Waals surface area (Å²) in [6.07, 6.45) is 0.586. The standard InChI is InChI=1S/C12H17N3/c1-2-15(9-3-8-13)10-11-4-6-12(14)7-5-11/h4-7H,2-3,9-10,14H2,1H3. The largest absolute Gasteiger partial charge is 0.399 e. The molecule has 0 saturated carbocycles. The molecule has 15 heavy (non-hydrogen) atoms. The topological polar surface area (TPSA) is 53.0 Å². The molecule has 0 aliphatic heterocycles. The molecule has 0 aromatic heterocycles. The monoisotopic (exact) mass is 203 g/mol. The molecule has 0 atom stereocenters. The maximum absolute atomic E-state index is 8.52. The molecule has 80 valence electrons. The van der Waals surface area contributed by atoms with E-state index in [4.69, 9.17) is 11.0 Å². The Hall–Kier alpha value is -1.53. The molecule has 1 aromatic rings. The number of nitrogen functional groups attached to an aromatic ring is 1. The summed E-state index contributed by atoms with van der Waals surface area (Å²) in [5.74, 6) is 0. The highest BCUT2D eigenvalue weighted by atomic mass is 15.1. The van der Waals surface area contributed by atoms with Crippen LogP contribution in [0, 0.1) is 11.3 Å². The highest BCUT2D eigenvalue weighted by Gasteiger charge is 2.02. The maximum atomic E-state index is 8.52. The van der Waals surface area contributed by atoms with Gasteiger partial charge < -0.3 is 5.73 Å². The third-order valence-electron chi connectivity index (χ3n) is 2.37. The van der Waals surface area contributed by atoms with Crippen LogP contribution in [-0.4, -0.2) is 18.0 Å². The van der Waals surface area contributed by atoms with Gasteiger partial charge >= 0.3 is 0 Å². The summed E-state index contributed by atoms with van der Waals surface area (Å²) < 4.78 is 0. The molecule has 0 aliphatic rings. The van der Waals surface area contributed by atoms with Crippen molar-refractivity contribution in [2.45, 2.75) is 19.9 Å². The SMILES string of the molecule is CCN(CCC#N)Cc1ccc(N)cc1. The van der Waals surface area contributed by atoms with E-state index in [0.717, 1.165) is 25.3 Å². The van der Waals surface area contributed by atoms with E-state index in [2.05, 4.69) is 17.9 Å². The zero-order chi connectivity index (χ0) is 11.1. The van der Waals surface area contributed by atoms with Gasteiger partial charge in [0, 0.05) is 25.2 Å². The Bertz CT molecular complexity index is 324. The molecule has 0 amide bonds. The lowest BCUT2D eigenvalue weighted by molar-refractivity contribution is 0.287. The number of rotatable bonds is 5. The Balaban J connectivity index is 2.51. The molecule has 0 bridgehead atoms. The Morgan fingerprint density at radius 2 is 2.00 bits per heavy atom. The average molecular weight is 203 g/mol. The van der Waals surface area contributed by atoms with Crippen LogP contribution in [-0.2, 0) is 6.54 Å². The van der Waals surface area contributed by atoms with Crippen LogP contribution >= 0.6 is 0 Å². The van der Waals surface area contributed by atoms with Gasteiger partial charge in [-0.25, -0.2) is 0 Å². The van der Waals surface area contributed by atoms with E-state index < -0.39 is 0 Å². The molecule has 2 N–H and O–H groups in total. The van der Waals surface area contributed by atoms with E-state index in [1.54, 1.807) is 0 Å². The van der Waals surface area contributed by atoms with Crippen LogP contribution < -0.4 is 5.73 Å². The van der Waals surface area contributed by atoms with Gasteiger partial charge in [-0.3, -0.25) is 4.90 Å². The molecule has 0 aliphatic carbocycles. The van der Waals surface area contributed by atoms with E-state index in [-0.39, 0.29) is 0 Å². The van der Waals surface area contributed by atoms with Crippen molar-refractivity contribution in [1.82, 2.24) is 4.90 Å². The number of hydrogen-bond acceptors (Lipinski definition) is 3. The fourth-order valence-electron chi connectivity index (χ4n) is 1.44. The fourth-order valence-corrected chi connectivity index (χ4v) is 1.44. The van der Waals surface area contributed by atoms with Crippen LogP contribution in [0.4, 0.5) is 5.69 Å². The summed E-state index contributed by atoms with van der Waals surface area (Å²) in [6.45, 7) is 4.79. The average Bonchev–Trinajstić information content (AvgIpc) is 2.27. The number of nitrogens with two attached hydrogens (primary N) is 1. The van der Waals surface area contributed by atoms with Crippen LogP contribution in [0.25, 0.3) is 0 Å². The maximum Gasteiger partial charge on any atom is 0.0635 e. The first-order valence-electron chi connectivity index (χ1n) is 5.20. The van der Waals surface area contributed by atoms with Crippen LogP contribution in [0.3, 0.4) is 0 Å². The van der Waals surface area contributed by atoms with Crippen LogP contribution in [0.2, 0.25) is 0 Å². The van der Waals surface area contributed by atoms with Crippen LogP contribution in [0.5, 0.6) is 0 Å². The molecule has 0 spiro atoms. The van der Waals surface area contributed by atoms with Gasteiger partial charge in [0.2, 0.25) is 0 Å². The predicted octanol–water partition coefficient (Wildman–Crippen LogP) is 2.00. The Morgan fingerprint density at radius 1 is 1.33 bits per heavy atom. The van der Waals surface area contributed by atoms with Crippen molar-refractivity contribution in [3.63, 3.8) is 0 Å². The Morgan fingerprint density at radius 3 is 2.53 bits per heavy atom. The zero-order valence-corrected chi connectivity index (χ0v) is 9.11. The summed E-state index contributed by atoms with van der Waals surface area (Å²) in [4.78, 5) is 2.24. The molecule has 0 saturated heterocycles. The predicted molar refractivity (Wildman–Crippen MR) is 62.0 cm³/mol. The van der Waals surface area contributed by atoms with Crippen LogP contribution in [0.1, 0.15) is 18.9 Å².